The summed E-state index contributed by atoms with van der Waals surface area (Å²) in [6.45, 7) is 0.280. The number of amides is 2. The van der Waals surface area contributed by atoms with Crippen molar-refractivity contribution in [2.24, 2.45) is 11.5 Å². The third-order valence-electron chi connectivity index (χ3n) is 2.54. The van der Waals surface area contributed by atoms with Gasteiger partial charge in [0.2, 0.25) is 11.8 Å². The molecule has 0 aliphatic heterocycles. The molecule has 0 radical (unpaired) electrons. The highest BCUT2D eigenvalue weighted by atomic mass is 32.2. The quantitative estimate of drug-likeness (QED) is 0.608. The number of ether oxygens (including phenoxy) is 1. The molecule has 0 fully saturated rings. The van der Waals surface area contributed by atoms with Crippen LogP contribution in [0, 0.1) is 0 Å². The lowest BCUT2D eigenvalue weighted by molar-refractivity contribution is -0.118. The van der Waals surface area contributed by atoms with Crippen LogP contribution in [0.25, 0.3) is 0 Å². The van der Waals surface area contributed by atoms with E-state index in [1.54, 1.807) is 12.1 Å². The smallest absolute Gasteiger partial charge is 0.227 e. The third-order valence-corrected chi connectivity index (χ3v) is 3.64. The molecule has 0 bridgehead atoms. The van der Waals surface area contributed by atoms with E-state index in [-0.39, 0.29) is 30.7 Å². The van der Waals surface area contributed by atoms with Crippen LogP contribution >= 0.6 is 11.8 Å². The Morgan fingerprint density at radius 2 is 2.10 bits per heavy atom. The van der Waals surface area contributed by atoms with Crippen LogP contribution in [0.2, 0.25) is 0 Å². The molecule has 5 N–H and O–H groups in total. The zero-order valence-electron chi connectivity index (χ0n) is 11.3. The van der Waals surface area contributed by atoms with Gasteiger partial charge in [0, 0.05) is 18.6 Å². The summed E-state index contributed by atoms with van der Waals surface area (Å²) in [5, 5.41) is 2.79. The molecule has 0 spiro atoms. The Morgan fingerprint density at radius 3 is 2.70 bits per heavy atom. The standard InChI is InChI=1S/C13H19N3O3S/c1-19-9(7-14)6-13(18)16-10-4-2-3-5-11(10)20-8-12(15)17/h2-5,9H,6-8,14H2,1H3,(H2,15,17)(H,16,18). The molecule has 2 amide bonds. The zero-order chi connectivity index (χ0) is 15.0. The van der Waals surface area contributed by atoms with E-state index in [9.17, 15) is 9.59 Å². The second kappa shape index (κ2) is 8.57. The molecule has 6 nitrogen and oxygen atoms in total. The molecule has 1 aromatic rings. The van der Waals surface area contributed by atoms with Crippen molar-refractivity contribution in [2.45, 2.75) is 17.4 Å². The first kappa shape index (κ1) is 16.5. The Morgan fingerprint density at radius 1 is 1.40 bits per heavy atom. The lowest BCUT2D eigenvalue weighted by atomic mass is 10.2. The number of carbonyl (C=O) groups excluding carboxylic acids is 2. The number of anilines is 1. The van der Waals surface area contributed by atoms with E-state index >= 15 is 0 Å². The molecule has 1 rings (SSSR count). The molecule has 0 saturated heterocycles. The normalized spacial score (nSPS) is 11.9. The molecule has 0 aromatic heterocycles. The average Bonchev–Trinajstić information content (AvgIpc) is 2.43. The number of primary amides is 1. The number of benzene rings is 1. The van der Waals surface area contributed by atoms with Crippen molar-refractivity contribution < 1.29 is 14.3 Å². The van der Waals surface area contributed by atoms with Gasteiger partial charge in [0.1, 0.15) is 0 Å². The van der Waals surface area contributed by atoms with Crippen molar-refractivity contribution in [3.63, 3.8) is 0 Å². The van der Waals surface area contributed by atoms with Gasteiger partial charge in [-0.3, -0.25) is 9.59 Å². The largest absolute Gasteiger partial charge is 0.380 e. The molecule has 110 valence electrons. The average molecular weight is 297 g/mol. The van der Waals surface area contributed by atoms with E-state index in [1.807, 2.05) is 12.1 Å². The topological polar surface area (TPSA) is 107 Å². The van der Waals surface area contributed by atoms with Crippen LogP contribution in [0.3, 0.4) is 0 Å². The second-order valence-electron chi connectivity index (χ2n) is 4.10. The predicted molar refractivity (Wildman–Crippen MR) is 79.5 cm³/mol. The minimum atomic E-state index is -0.404. The van der Waals surface area contributed by atoms with Crippen LogP contribution in [0.5, 0.6) is 0 Å². The number of hydrogen-bond donors (Lipinski definition) is 3. The van der Waals surface area contributed by atoms with E-state index in [0.29, 0.717) is 5.69 Å². The lowest BCUT2D eigenvalue weighted by Gasteiger charge is -2.14. The van der Waals surface area contributed by atoms with Gasteiger partial charge in [0.25, 0.3) is 0 Å². The molecule has 0 aliphatic rings. The number of nitrogens with one attached hydrogen (secondary N) is 1. The number of thioether (sulfide) groups is 1. The van der Waals surface area contributed by atoms with Crippen LogP contribution < -0.4 is 16.8 Å². The predicted octanol–water partition coefficient (Wildman–Crippen LogP) is 0.566. The maximum absolute atomic E-state index is 11.9. The van der Waals surface area contributed by atoms with Crippen molar-refractivity contribution in [3.05, 3.63) is 24.3 Å². The third kappa shape index (κ3) is 5.60. The Bertz CT molecular complexity index is 464. The molecule has 1 atom stereocenters. The summed E-state index contributed by atoms with van der Waals surface area (Å²) in [7, 11) is 1.52. The van der Waals surface area contributed by atoms with Crippen LogP contribution in [-0.2, 0) is 14.3 Å². The summed E-state index contributed by atoms with van der Waals surface area (Å²) in [4.78, 5) is 23.5. The van der Waals surface area contributed by atoms with Gasteiger partial charge in [-0.25, -0.2) is 0 Å². The van der Waals surface area contributed by atoms with Gasteiger partial charge in [-0.05, 0) is 12.1 Å². The molecule has 20 heavy (non-hydrogen) atoms. The molecule has 1 unspecified atom stereocenters. The highest BCUT2D eigenvalue weighted by Crippen LogP contribution is 2.26. The highest BCUT2D eigenvalue weighted by Gasteiger charge is 2.13. The summed E-state index contributed by atoms with van der Waals surface area (Å²) in [6, 6.07) is 7.23. The fourth-order valence-corrected chi connectivity index (χ4v) is 2.26. The summed E-state index contributed by atoms with van der Waals surface area (Å²) >= 11 is 1.28. The molecular weight excluding hydrogens is 278 g/mol. The number of para-hydroxylation sites is 1. The monoisotopic (exact) mass is 297 g/mol. The van der Waals surface area contributed by atoms with Gasteiger partial charge in [0.15, 0.2) is 0 Å². The fraction of sp³-hybridized carbons (Fsp3) is 0.385. The van der Waals surface area contributed by atoms with Crippen LogP contribution in [0.4, 0.5) is 5.69 Å². The first-order chi connectivity index (χ1) is 9.56. The summed E-state index contributed by atoms with van der Waals surface area (Å²) < 4.78 is 5.06. The molecule has 0 saturated carbocycles. The van der Waals surface area contributed by atoms with Gasteiger partial charge in [-0.1, -0.05) is 12.1 Å². The van der Waals surface area contributed by atoms with Crippen molar-refractivity contribution in [1.82, 2.24) is 0 Å². The van der Waals surface area contributed by atoms with Crippen molar-refractivity contribution in [2.75, 3.05) is 24.7 Å². The Hall–Kier alpha value is -1.57. The maximum Gasteiger partial charge on any atom is 0.227 e. The highest BCUT2D eigenvalue weighted by molar-refractivity contribution is 8.00. The van der Waals surface area contributed by atoms with E-state index in [1.165, 1.54) is 18.9 Å². The number of rotatable bonds is 8. The SMILES string of the molecule is COC(CN)CC(=O)Nc1ccccc1SCC(N)=O. The Labute approximate surface area is 122 Å². The number of carbonyl (C=O) groups is 2. The van der Waals surface area contributed by atoms with Gasteiger partial charge in [0.05, 0.1) is 24.0 Å². The van der Waals surface area contributed by atoms with Crippen molar-refractivity contribution in [1.29, 1.82) is 0 Å². The lowest BCUT2D eigenvalue weighted by Crippen LogP contribution is -2.28. The molecule has 0 aliphatic carbocycles. The van der Waals surface area contributed by atoms with E-state index in [0.717, 1.165) is 4.90 Å². The Kier molecular flexibility index (Phi) is 7.06. The van der Waals surface area contributed by atoms with Crippen LogP contribution in [-0.4, -0.2) is 37.3 Å². The molecular formula is C13H19N3O3S. The maximum atomic E-state index is 11.9. The Balaban J connectivity index is 2.66. The first-order valence-electron chi connectivity index (χ1n) is 6.09. The summed E-state index contributed by atoms with van der Waals surface area (Å²) in [6.07, 6.45) is -0.123. The number of nitrogens with two attached hydrogens (primary N) is 2. The van der Waals surface area contributed by atoms with Crippen molar-refractivity contribution >= 4 is 29.3 Å². The van der Waals surface area contributed by atoms with Crippen LogP contribution in [0.15, 0.2) is 29.2 Å². The number of hydrogen-bond acceptors (Lipinski definition) is 5. The van der Waals surface area contributed by atoms with Gasteiger partial charge >= 0.3 is 0 Å². The van der Waals surface area contributed by atoms with E-state index in [4.69, 9.17) is 16.2 Å². The van der Waals surface area contributed by atoms with E-state index in [2.05, 4.69) is 5.32 Å². The summed E-state index contributed by atoms with van der Waals surface area (Å²) in [5.41, 5.74) is 11.2. The molecule has 1 aromatic carbocycles. The second-order valence-corrected chi connectivity index (χ2v) is 5.11. The van der Waals surface area contributed by atoms with Gasteiger partial charge in [-0.2, -0.15) is 0 Å². The van der Waals surface area contributed by atoms with Gasteiger partial charge < -0.3 is 21.5 Å². The molecule has 7 heteroatoms. The minimum Gasteiger partial charge on any atom is -0.380 e. The fourth-order valence-electron chi connectivity index (χ4n) is 1.52. The summed E-state index contributed by atoms with van der Waals surface area (Å²) in [5.74, 6) is -0.427. The zero-order valence-corrected chi connectivity index (χ0v) is 12.1. The van der Waals surface area contributed by atoms with E-state index < -0.39 is 5.91 Å². The molecule has 0 heterocycles. The van der Waals surface area contributed by atoms with Gasteiger partial charge in [-0.15, -0.1) is 11.8 Å². The number of methoxy groups -OCH3 is 1. The van der Waals surface area contributed by atoms with Crippen molar-refractivity contribution in [3.8, 4) is 0 Å². The van der Waals surface area contributed by atoms with Crippen LogP contribution in [0.1, 0.15) is 6.42 Å². The first-order valence-corrected chi connectivity index (χ1v) is 7.08. The minimum absolute atomic E-state index is 0.163.